The summed E-state index contributed by atoms with van der Waals surface area (Å²) in [6.07, 6.45) is 5.65. The standard InChI is InChI=1S/C22H21N3O3/c26-21(18-12-5-8-15-7-1-4-11-17(15)18)24-19-13-6-14-23-20(19)22(27)25-28-16-9-2-3-10-16/h1,4-8,11-14,16H,2-3,9-10H2,(H,24,26)(H,25,27). The van der Waals surface area contributed by atoms with Crippen molar-refractivity contribution in [3.63, 3.8) is 0 Å². The third-order valence-corrected chi connectivity index (χ3v) is 4.93. The van der Waals surface area contributed by atoms with Gasteiger partial charge in [0.25, 0.3) is 11.8 Å². The first-order chi connectivity index (χ1) is 13.7. The van der Waals surface area contributed by atoms with Crippen LogP contribution in [0.3, 0.4) is 0 Å². The second-order valence-electron chi connectivity index (χ2n) is 6.84. The number of rotatable bonds is 5. The number of aromatic nitrogens is 1. The second kappa shape index (κ2) is 8.19. The molecule has 2 aromatic carbocycles. The molecular weight excluding hydrogens is 354 g/mol. The lowest BCUT2D eigenvalue weighted by molar-refractivity contribution is -0.0127. The van der Waals surface area contributed by atoms with Crippen molar-refractivity contribution in [1.29, 1.82) is 0 Å². The molecule has 0 spiro atoms. The molecule has 142 valence electrons. The van der Waals surface area contributed by atoms with Crippen LogP contribution in [-0.2, 0) is 4.84 Å². The molecule has 1 saturated carbocycles. The van der Waals surface area contributed by atoms with Crippen LogP contribution in [0.25, 0.3) is 10.8 Å². The molecule has 2 N–H and O–H groups in total. The van der Waals surface area contributed by atoms with Gasteiger partial charge in [-0.05, 0) is 41.8 Å². The van der Waals surface area contributed by atoms with Crippen LogP contribution in [0.1, 0.15) is 46.5 Å². The van der Waals surface area contributed by atoms with Crippen LogP contribution in [0.2, 0.25) is 0 Å². The zero-order chi connectivity index (χ0) is 19.3. The van der Waals surface area contributed by atoms with E-state index in [2.05, 4.69) is 15.8 Å². The fourth-order valence-electron chi connectivity index (χ4n) is 3.49. The molecule has 28 heavy (non-hydrogen) atoms. The Morgan fingerprint density at radius 3 is 2.57 bits per heavy atom. The number of fused-ring (bicyclic) bond motifs is 1. The highest BCUT2D eigenvalue weighted by atomic mass is 16.7. The molecule has 0 bridgehead atoms. The van der Waals surface area contributed by atoms with E-state index in [4.69, 9.17) is 4.84 Å². The molecular formula is C22H21N3O3. The number of hydrogen-bond donors (Lipinski definition) is 2. The first-order valence-electron chi connectivity index (χ1n) is 9.42. The third-order valence-electron chi connectivity index (χ3n) is 4.93. The van der Waals surface area contributed by atoms with E-state index in [0.29, 0.717) is 11.3 Å². The Morgan fingerprint density at radius 2 is 1.71 bits per heavy atom. The van der Waals surface area contributed by atoms with Crippen molar-refractivity contribution in [2.24, 2.45) is 0 Å². The molecule has 1 aliphatic rings. The van der Waals surface area contributed by atoms with E-state index in [9.17, 15) is 9.59 Å². The molecule has 6 heteroatoms. The molecule has 3 aromatic rings. The van der Waals surface area contributed by atoms with Gasteiger partial charge in [0.2, 0.25) is 0 Å². The quantitative estimate of drug-likeness (QED) is 0.658. The van der Waals surface area contributed by atoms with E-state index >= 15 is 0 Å². The van der Waals surface area contributed by atoms with E-state index in [1.165, 1.54) is 6.20 Å². The average molecular weight is 375 g/mol. The number of hydrogen-bond acceptors (Lipinski definition) is 4. The maximum Gasteiger partial charge on any atom is 0.295 e. The number of benzene rings is 2. The first kappa shape index (κ1) is 18.1. The Balaban J connectivity index is 1.53. The zero-order valence-corrected chi connectivity index (χ0v) is 15.4. The Labute approximate surface area is 162 Å². The van der Waals surface area contributed by atoms with Crippen LogP contribution >= 0.6 is 0 Å². The molecule has 0 aliphatic heterocycles. The topological polar surface area (TPSA) is 80.3 Å². The number of anilines is 1. The molecule has 0 atom stereocenters. The molecule has 0 saturated heterocycles. The number of amides is 2. The second-order valence-corrected chi connectivity index (χ2v) is 6.84. The molecule has 1 fully saturated rings. The molecule has 0 radical (unpaired) electrons. The summed E-state index contributed by atoms with van der Waals surface area (Å²) >= 11 is 0. The highest BCUT2D eigenvalue weighted by molar-refractivity contribution is 6.14. The molecule has 4 rings (SSSR count). The van der Waals surface area contributed by atoms with Gasteiger partial charge in [0.15, 0.2) is 5.69 Å². The zero-order valence-electron chi connectivity index (χ0n) is 15.4. The summed E-state index contributed by atoms with van der Waals surface area (Å²) in [4.78, 5) is 35.0. The third kappa shape index (κ3) is 3.87. The number of nitrogens with zero attached hydrogens (tertiary/aromatic N) is 1. The van der Waals surface area contributed by atoms with Crippen molar-refractivity contribution < 1.29 is 14.4 Å². The minimum absolute atomic E-state index is 0.0430. The molecule has 0 unspecified atom stereocenters. The minimum atomic E-state index is -0.472. The van der Waals surface area contributed by atoms with Crippen molar-refractivity contribution in [2.75, 3.05) is 5.32 Å². The number of carbonyl (C=O) groups excluding carboxylic acids is 2. The fourth-order valence-corrected chi connectivity index (χ4v) is 3.49. The summed E-state index contributed by atoms with van der Waals surface area (Å²) in [6.45, 7) is 0. The molecule has 6 nitrogen and oxygen atoms in total. The SMILES string of the molecule is O=C(NOC1CCCC1)c1ncccc1NC(=O)c1cccc2ccccc12. The van der Waals surface area contributed by atoms with Gasteiger partial charge in [-0.1, -0.05) is 49.2 Å². The van der Waals surface area contributed by atoms with Crippen molar-refractivity contribution in [2.45, 2.75) is 31.8 Å². The van der Waals surface area contributed by atoms with Crippen molar-refractivity contribution >= 4 is 28.3 Å². The summed E-state index contributed by atoms with van der Waals surface area (Å²) in [5.74, 6) is -0.767. The fraction of sp³-hybridized carbons (Fsp3) is 0.227. The van der Waals surface area contributed by atoms with E-state index < -0.39 is 5.91 Å². The molecule has 1 aliphatic carbocycles. The summed E-state index contributed by atoms with van der Waals surface area (Å²) in [5, 5.41) is 4.64. The van der Waals surface area contributed by atoms with Gasteiger partial charge in [-0.2, -0.15) is 0 Å². The minimum Gasteiger partial charge on any atom is -0.320 e. The number of nitrogens with one attached hydrogen (secondary N) is 2. The first-order valence-corrected chi connectivity index (χ1v) is 9.42. The normalized spacial score (nSPS) is 14.1. The lowest BCUT2D eigenvalue weighted by Gasteiger charge is -2.14. The van der Waals surface area contributed by atoms with Crippen LogP contribution < -0.4 is 10.8 Å². The van der Waals surface area contributed by atoms with Crippen LogP contribution in [0.5, 0.6) is 0 Å². The largest absolute Gasteiger partial charge is 0.320 e. The van der Waals surface area contributed by atoms with Gasteiger partial charge in [0.05, 0.1) is 11.8 Å². The average Bonchev–Trinajstić information content (AvgIpc) is 3.25. The lowest BCUT2D eigenvalue weighted by Crippen LogP contribution is -2.30. The van der Waals surface area contributed by atoms with E-state index in [-0.39, 0.29) is 17.7 Å². The number of pyridine rings is 1. The maximum atomic E-state index is 12.9. The van der Waals surface area contributed by atoms with Crippen molar-refractivity contribution in [3.8, 4) is 0 Å². The van der Waals surface area contributed by atoms with E-state index in [0.717, 1.165) is 36.5 Å². The smallest absolute Gasteiger partial charge is 0.295 e. The van der Waals surface area contributed by atoms with Gasteiger partial charge in [-0.3, -0.25) is 14.4 Å². The summed E-state index contributed by atoms with van der Waals surface area (Å²) in [6, 6.07) is 16.6. The van der Waals surface area contributed by atoms with Crippen LogP contribution in [0.15, 0.2) is 60.8 Å². The number of hydroxylamine groups is 1. The lowest BCUT2D eigenvalue weighted by atomic mass is 10.0. The molecule has 1 heterocycles. The van der Waals surface area contributed by atoms with Crippen molar-refractivity contribution in [3.05, 3.63) is 72.1 Å². The predicted molar refractivity (Wildman–Crippen MR) is 107 cm³/mol. The summed E-state index contributed by atoms with van der Waals surface area (Å²) in [7, 11) is 0. The van der Waals surface area contributed by atoms with Crippen LogP contribution in [0, 0.1) is 0 Å². The van der Waals surface area contributed by atoms with E-state index in [1.807, 2.05) is 36.4 Å². The Bertz CT molecular complexity index is 1010. The van der Waals surface area contributed by atoms with Gasteiger partial charge >= 0.3 is 0 Å². The predicted octanol–water partition coefficient (Wildman–Crippen LogP) is 4.09. The van der Waals surface area contributed by atoms with Crippen molar-refractivity contribution in [1.82, 2.24) is 10.5 Å². The van der Waals surface area contributed by atoms with Gasteiger partial charge in [0.1, 0.15) is 0 Å². The van der Waals surface area contributed by atoms with E-state index in [1.54, 1.807) is 18.2 Å². The highest BCUT2D eigenvalue weighted by Gasteiger charge is 2.20. The van der Waals surface area contributed by atoms with Crippen LogP contribution in [0.4, 0.5) is 5.69 Å². The van der Waals surface area contributed by atoms with Gasteiger partial charge in [-0.15, -0.1) is 0 Å². The maximum absolute atomic E-state index is 12.9. The Morgan fingerprint density at radius 1 is 0.929 bits per heavy atom. The van der Waals surface area contributed by atoms with Gasteiger partial charge < -0.3 is 5.32 Å². The molecule has 1 aromatic heterocycles. The number of carbonyl (C=O) groups is 2. The summed E-state index contributed by atoms with van der Waals surface area (Å²) < 4.78 is 0. The van der Waals surface area contributed by atoms with Crippen LogP contribution in [-0.4, -0.2) is 22.9 Å². The van der Waals surface area contributed by atoms with Gasteiger partial charge in [-0.25, -0.2) is 10.5 Å². The Kier molecular flexibility index (Phi) is 5.30. The molecule has 2 amide bonds. The Hall–Kier alpha value is -3.25. The highest BCUT2D eigenvalue weighted by Crippen LogP contribution is 2.22. The monoisotopic (exact) mass is 375 g/mol. The summed E-state index contributed by atoms with van der Waals surface area (Å²) in [5.41, 5.74) is 3.47. The van der Waals surface area contributed by atoms with Gasteiger partial charge in [0, 0.05) is 11.8 Å².